The number of thiophene rings is 1. The lowest BCUT2D eigenvalue weighted by Crippen LogP contribution is -2.24. The predicted octanol–water partition coefficient (Wildman–Crippen LogP) is 6.47. The first-order chi connectivity index (χ1) is 14.0. The second-order valence-electron chi connectivity index (χ2n) is 7.91. The third-order valence-corrected chi connectivity index (χ3v) is 7.92. The first-order valence-corrected chi connectivity index (χ1v) is 12.2. The molecule has 0 saturated carbocycles. The number of hydrogen-bond donors (Lipinski definition) is 0. The number of benzene rings is 1. The van der Waals surface area contributed by atoms with Crippen molar-refractivity contribution in [2.45, 2.75) is 63.4 Å². The van der Waals surface area contributed by atoms with Gasteiger partial charge in [-0.1, -0.05) is 43.3 Å². The van der Waals surface area contributed by atoms with Gasteiger partial charge in [0.05, 0.1) is 5.39 Å². The quantitative estimate of drug-likeness (QED) is 0.319. The van der Waals surface area contributed by atoms with Crippen LogP contribution in [0.5, 0.6) is 0 Å². The van der Waals surface area contributed by atoms with Gasteiger partial charge in [0.2, 0.25) is 0 Å². The molecule has 7 heteroatoms. The third kappa shape index (κ3) is 4.25. The summed E-state index contributed by atoms with van der Waals surface area (Å²) in [6.07, 6.45) is 5.21. The monoisotopic (exact) mass is 450 g/mol. The van der Waals surface area contributed by atoms with Crippen LogP contribution in [0.1, 0.15) is 49.1 Å². The van der Waals surface area contributed by atoms with Crippen molar-refractivity contribution in [1.82, 2.24) is 9.55 Å². The van der Waals surface area contributed by atoms with Gasteiger partial charge in [-0.15, -0.1) is 11.3 Å². The largest absolute Gasteiger partial charge is 0.287 e. The van der Waals surface area contributed by atoms with E-state index in [1.807, 2.05) is 0 Å². The Balaban J connectivity index is 1.76. The van der Waals surface area contributed by atoms with Crippen molar-refractivity contribution in [2.24, 2.45) is 5.92 Å². The molecule has 0 spiro atoms. The van der Waals surface area contributed by atoms with Crippen LogP contribution in [-0.4, -0.2) is 9.55 Å². The molecule has 1 aromatic carbocycles. The summed E-state index contributed by atoms with van der Waals surface area (Å²) in [6, 6.07) is 4.71. The average Bonchev–Trinajstić information content (AvgIpc) is 3.05. The van der Waals surface area contributed by atoms with Crippen LogP contribution in [0.2, 0.25) is 5.02 Å². The molecule has 3 nitrogen and oxygen atoms in total. The van der Waals surface area contributed by atoms with Gasteiger partial charge in [-0.3, -0.25) is 9.36 Å². The summed E-state index contributed by atoms with van der Waals surface area (Å²) >= 11 is 9.23. The molecule has 0 fully saturated rings. The van der Waals surface area contributed by atoms with Crippen LogP contribution in [0.15, 0.2) is 28.2 Å². The summed E-state index contributed by atoms with van der Waals surface area (Å²) in [6.45, 7) is 4.92. The standard InChI is InChI=1S/C22H24ClFN2OS2/c1-13(2)10-11-26-21(27)19-14-6-3-4-9-18(14)29-20(19)25-22(26)28-12-15-16(23)7-5-8-17(15)24/h5,7-8,13H,3-4,6,9-12H2,1-2H3. The molecule has 1 aliphatic carbocycles. The molecular formula is C22H24ClFN2OS2. The van der Waals surface area contributed by atoms with Crippen molar-refractivity contribution in [1.29, 1.82) is 0 Å². The maximum absolute atomic E-state index is 14.2. The molecule has 0 radical (unpaired) electrons. The fraction of sp³-hybridized carbons (Fsp3) is 0.455. The third-order valence-electron chi connectivity index (χ3n) is 5.38. The van der Waals surface area contributed by atoms with Crippen molar-refractivity contribution in [3.63, 3.8) is 0 Å². The van der Waals surface area contributed by atoms with Gasteiger partial charge in [-0.05, 0) is 55.7 Å². The molecule has 0 N–H and O–H groups in total. The van der Waals surface area contributed by atoms with Crippen LogP contribution < -0.4 is 5.56 Å². The van der Waals surface area contributed by atoms with E-state index in [0.29, 0.717) is 34.0 Å². The molecule has 154 valence electrons. The van der Waals surface area contributed by atoms with Gasteiger partial charge in [0, 0.05) is 27.8 Å². The van der Waals surface area contributed by atoms with Crippen LogP contribution in [0.25, 0.3) is 10.2 Å². The first kappa shape index (κ1) is 20.9. The minimum Gasteiger partial charge on any atom is -0.287 e. The highest BCUT2D eigenvalue weighted by Crippen LogP contribution is 2.35. The van der Waals surface area contributed by atoms with Crippen LogP contribution in [0.4, 0.5) is 4.39 Å². The smallest absolute Gasteiger partial charge is 0.263 e. The van der Waals surface area contributed by atoms with E-state index in [1.54, 1.807) is 28.0 Å². The Bertz CT molecular complexity index is 1090. The Hall–Kier alpha value is -1.37. The summed E-state index contributed by atoms with van der Waals surface area (Å²) in [4.78, 5) is 20.5. The van der Waals surface area contributed by atoms with Crippen LogP contribution in [0.3, 0.4) is 0 Å². The molecule has 0 aliphatic heterocycles. The van der Waals surface area contributed by atoms with Gasteiger partial charge in [0.1, 0.15) is 10.6 Å². The zero-order valence-corrected chi connectivity index (χ0v) is 19.0. The van der Waals surface area contributed by atoms with E-state index < -0.39 is 0 Å². The van der Waals surface area contributed by atoms with Gasteiger partial charge in [-0.25, -0.2) is 9.37 Å². The Kier molecular flexibility index (Phi) is 6.32. The second-order valence-corrected chi connectivity index (χ2v) is 10.3. The lowest BCUT2D eigenvalue weighted by Gasteiger charge is -2.15. The average molecular weight is 451 g/mol. The fourth-order valence-corrected chi connectivity index (χ4v) is 6.39. The molecule has 1 aliphatic rings. The molecule has 29 heavy (non-hydrogen) atoms. The second kappa shape index (κ2) is 8.78. The fourth-order valence-electron chi connectivity index (χ4n) is 3.72. The van der Waals surface area contributed by atoms with Crippen molar-refractivity contribution < 1.29 is 4.39 Å². The van der Waals surface area contributed by atoms with Crippen molar-refractivity contribution in [2.75, 3.05) is 0 Å². The summed E-state index contributed by atoms with van der Waals surface area (Å²) in [5.74, 6) is 0.498. The van der Waals surface area contributed by atoms with Crippen molar-refractivity contribution in [3.8, 4) is 0 Å². The van der Waals surface area contributed by atoms with Crippen LogP contribution in [-0.2, 0) is 25.1 Å². The summed E-state index contributed by atoms with van der Waals surface area (Å²) < 4.78 is 16.0. The summed E-state index contributed by atoms with van der Waals surface area (Å²) in [7, 11) is 0. The van der Waals surface area contributed by atoms with Crippen LogP contribution in [0, 0.1) is 11.7 Å². The first-order valence-electron chi connectivity index (χ1n) is 10.1. The lowest BCUT2D eigenvalue weighted by molar-refractivity contribution is 0.481. The highest BCUT2D eigenvalue weighted by molar-refractivity contribution is 7.98. The normalized spacial score (nSPS) is 14.0. The molecule has 0 unspecified atom stereocenters. The molecule has 0 saturated heterocycles. The Morgan fingerprint density at radius 2 is 2.10 bits per heavy atom. The zero-order chi connectivity index (χ0) is 20.5. The highest BCUT2D eigenvalue weighted by atomic mass is 35.5. The van der Waals surface area contributed by atoms with E-state index >= 15 is 0 Å². The molecule has 0 amide bonds. The number of fused-ring (bicyclic) bond motifs is 3. The molecule has 2 aromatic heterocycles. The molecule has 3 aromatic rings. The minimum absolute atomic E-state index is 0.0529. The van der Waals surface area contributed by atoms with Gasteiger partial charge in [0.25, 0.3) is 5.56 Å². The van der Waals surface area contributed by atoms with E-state index in [1.165, 1.54) is 34.7 Å². The number of aromatic nitrogens is 2. The van der Waals surface area contributed by atoms with Crippen LogP contribution >= 0.6 is 34.7 Å². The Morgan fingerprint density at radius 1 is 1.31 bits per heavy atom. The molecule has 4 rings (SSSR count). The van der Waals surface area contributed by atoms with Gasteiger partial charge >= 0.3 is 0 Å². The van der Waals surface area contributed by atoms with E-state index in [4.69, 9.17) is 16.6 Å². The number of hydrogen-bond acceptors (Lipinski definition) is 4. The number of halogens is 2. The maximum atomic E-state index is 14.2. The zero-order valence-electron chi connectivity index (χ0n) is 16.6. The van der Waals surface area contributed by atoms with E-state index in [-0.39, 0.29) is 11.4 Å². The van der Waals surface area contributed by atoms with Gasteiger partial charge in [0.15, 0.2) is 5.16 Å². The van der Waals surface area contributed by atoms with Gasteiger partial charge < -0.3 is 0 Å². The minimum atomic E-state index is -0.325. The van der Waals surface area contributed by atoms with E-state index in [0.717, 1.165) is 35.9 Å². The summed E-state index contributed by atoms with van der Waals surface area (Å²) in [5, 5.41) is 1.86. The van der Waals surface area contributed by atoms with E-state index in [9.17, 15) is 9.18 Å². The topological polar surface area (TPSA) is 34.9 Å². The number of thioether (sulfide) groups is 1. The highest BCUT2D eigenvalue weighted by Gasteiger charge is 2.22. The Labute approximate surface area is 183 Å². The molecule has 2 heterocycles. The predicted molar refractivity (Wildman–Crippen MR) is 121 cm³/mol. The van der Waals surface area contributed by atoms with E-state index in [2.05, 4.69) is 13.8 Å². The Morgan fingerprint density at radius 3 is 2.86 bits per heavy atom. The maximum Gasteiger partial charge on any atom is 0.263 e. The molecule has 0 atom stereocenters. The number of aryl methyl sites for hydroxylation is 2. The molecular weight excluding hydrogens is 427 g/mol. The summed E-state index contributed by atoms with van der Waals surface area (Å²) in [5.41, 5.74) is 1.72. The van der Waals surface area contributed by atoms with Crippen molar-refractivity contribution >= 4 is 44.9 Å². The number of rotatable bonds is 6. The van der Waals surface area contributed by atoms with Crippen molar-refractivity contribution in [3.05, 3.63) is 55.4 Å². The lowest BCUT2D eigenvalue weighted by atomic mass is 9.97. The molecule has 0 bridgehead atoms. The van der Waals surface area contributed by atoms with Gasteiger partial charge in [-0.2, -0.15) is 0 Å². The number of nitrogens with zero attached hydrogens (tertiary/aromatic N) is 2. The SMILES string of the molecule is CC(C)CCn1c(SCc2c(F)cccc2Cl)nc2sc3c(c2c1=O)CCCC3.